The van der Waals surface area contributed by atoms with E-state index in [1.54, 1.807) is 0 Å². The number of hydrogen-bond donors (Lipinski definition) is 0. The van der Waals surface area contributed by atoms with Crippen molar-refractivity contribution in [1.82, 2.24) is 0 Å². The van der Waals surface area contributed by atoms with E-state index in [4.69, 9.17) is 4.74 Å². The highest BCUT2D eigenvalue weighted by molar-refractivity contribution is 5.69. The molecule has 0 unspecified atom stereocenters. The first kappa shape index (κ1) is 11.9. The van der Waals surface area contributed by atoms with Gasteiger partial charge >= 0.3 is 5.97 Å². The van der Waals surface area contributed by atoms with Gasteiger partial charge in [-0.15, -0.1) is 0 Å². The summed E-state index contributed by atoms with van der Waals surface area (Å²) in [6.45, 7) is 0.648. The number of unbranched alkanes of at least 4 members (excludes halogenated alkanes) is 1. The van der Waals surface area contributed by atoms with E-state index in [1.807, 2.05) is 0 Å². The van der Waals surface area contributed by atoms with E-state index in [0.29, 0.717) is 13.0 Å². The highest BCUT2D eigenvalue weighted by atomic mass is 16.5. The molecule has 0 aromatic heterocycles. The van der Waals surface area contributed by atoms with Gasteiger partial charge in [-0.3, -0.25) is 4.79 Å². The molecule has 2 heteroatoms. The van der Waals surface area contributed by atoms with Crippen LogP contribution in [0.2, 0.25) is 0 Å². The lowest BCUT2D eigenvalue weighted by atomic mass is 10.2. The second-order valence-corrected chi connectivity index (χ2v) is 5.50. The summed E-state index contributed by atoms with van der Waals surface area (Å²) in [5.41, 5.74) is 0. The smallest absolute Gasteiger partial charge is 0.305 e. The van der Waals surface area contributed by atoms with Gasteiger partial charge in [0.15, 0.2) is 0 Å². The number of ether oxygens (including phenoxy) is 1. The molecule has 2 fully saturated rings. The first-order valence-corrected chi connectivity index (χ1v) is 7.00. The molecule has 16 heavy (non-hydrogen) atoms. The highest BCUT2D eigenvalue weighted by Crippen LogP contribution is 2.34. The fourth-order valence-corrected chi connectivity index (χ4v) is 2.14. The van der Waals surface area contributed by atoms with Crippen LogP contribution in [-0.2, 0) is 9.53 Å². The summed E-state index contributed by atoms with van der Waals surface area (Å²) in [5, 5.41) is 0. The predicted molar refractivity (Wildman–Crippen MR) is 64.1 cm³/mol. The largest absolute Gasteiger partial charge is 0.466 e. The Balaban J connectivity index is 1.34. The molecule has 0 amide bonds. The lowest BCUT2D eigenvalue weighted by Crippen LogP contribution is -2.05. The number of carbonyl (C=O) groups excluding carboxylic acids is 1. The monoisotopic (exact) mass is 224 g/mol. The van der Waals surface area contributed by atoms with Gasteiger partial charge in [-0.2, -0.15) is 0 Å². The van der Waals surface area contributed by atoms with Crippen molar-refractivity contribution in [2.75, 3.05) is 6.61 Å². The number of rotatable bonds is 9. The highest BCUT2D eigenvalue weighted by Gasteiger charge is 2.21. The summed E-state index contributed by atoms with van der Waals surface area (Å²) >= 11 is 0. The molecule has 2 saturated carbocycles. The first-order valence-electron chi connectivity index (χ1n) is 7.00. The molecule has 0 heterocycles. The van der Waals surface area contributed by atoms with Crippen molar-refractivity contribution in [2.24, 2.45) is 11.8 Å². The number of esters is 1. The van der Waals surface area contributed by atoms with Gasteiger partial charge in [-0.05, 0) is 37.5 Å². The molecule has 0 saturated heterocycles. The topological polar surface area (TPSA) is 26.3 Å². The van der Waals surface area contributed by atoms with Gasteiger partial charge in [0.25, 0.3) is 0 Å². The van der Waals surface area contributed by atoms with Crippen LogP contribution in [0.25, 0.3) is 0 Å². The molecule has 0 radical (unpaired) electrons. The molecule has 0 aromatic carbocycles. The maximum absolute atomic E-state index is 11.3. The Morgan fingerprint density at radius 3 is 2.19 bits per heavy atom. The van der Waals surface area contributed by atoms with Gasteiger partial charge in [0.2, 0.25) is 0 Å². The molecule has 2 aliphatic carbocycles. The Labute approximate surface area is 98.7 Å². The Morgan fingerprint density at radius 2 is 1.56 bits per heavy atom. The minimum absolute atomic E-state index is 0.0204. The third kappa shape index (κ3) is 5.53. The maximum Gasteiger partial charge on any atom is 0.305 e. The van der Waals surface area contributed by atoms with Crippen LogP contribution in [0, 0.1) is 11.8 Å². The maximum atomic E-state index is 11.3. The fourth-order valence-electron chi connectivity index (χ4n) is 2.14. The molecular formula is C14H24O2. The third-order valence-corrected chi connectivity index (χ3v) is 3.66. The van der Waals surface area contributed by atoms with Crippen LogP contribution in [0.3, 0.4) is 0 Å². The van der Waals surface area contributed by atoms with Crippen LogP contribution < -0.4 is 0 Å². The van der Waals surface area contributed by atoms with Crippen LogP contribution in [0.5, 0.6) is 0 Å². The quantitative estimate of drug-likeness (QED) is 0.441. The average molecular weight is 224 g/mol. The van der Waals surface area contributed by atoms with E-state index in [9.17, 15) is 4.79 Å². The van der Waals surface area contributed by atoms with Gasteiger partial charge < -0.3 is 4.74 Å². The molecule has 2 rings (SSSR count). The van der Waals surface area contributed by atoms with Gasteiger partial charge in [0.1, 0.15) is 0 Å². The van der Waals surface area contributed by atoms with Crippen molar-refractivity contribution >= 4 is 5.97 Å². The molecule has 2 nitrogen and oxygen atoms in total. The zero-order chi connectivity index (χ0) is 11.2. The predicted octanol–water partition coefficient (Wildman–Crippen LogP) is 3.69. The van der Waals surface area contributed by atoms with Gasteiger partial charge in [0, 0.05) is 6.42 Å². The Kier molecular flexibility index (Phi) is 4.68. The van der Waals surface area contributed by atoms with Crippen molar-refractivity contribution in [1.29, 1.82) is 0 Å². The summed E-state index contributed by atoms with van der Waals surface area (Å²) < 4.78 is 5.21. The zero-order valence-corrected chi connectivity index (χ0v) is 10.2. The molecular weight excluding hydrogens is 200 g/mol. The molecule has 0 aromatic rings. The van der Waals surface area contributed by atoms with E-state index in [0.717, 1.165) is 24.7 Å². The normalized spacial score (nSPS) is 19.8. The lowest BCUT2D eigenvalue weighted by molar-refractivity contribution is -0.143. The minimum Gasteiger partial charge on any atom is -0.466 e. The average Bonchev–Trinajstić information content (AvgIpc) is 3.12. The molecule has 0 aliphatic heterocycles. The van der Waals surface area contributed by atoms with Crippen molar-refractivity contribution in [3.05, 3.63) is 0 Å². The van der Waals surface area contributed by atoms with E-state index in [2.05, 4.69) is 0 Å². The minimum atomic E-state index is 0.0204. The van der Waals surface area contributed by atoms with Crippen LogP contribution in [0.15, 0.2) is 0 Å². The van der Waals surface area contributed by atoms with E-state index in [1.165, 1.54) is 44.9 Å². The van der Waals surface area contributed by atoms with Crippen LogP contribution >= 0.6 is 0 Å². The summed E-state index contributed by atoms with van der Waals surface area (Å²) in [6, 6.07) is 0. The molecule has 0 bridgehead atoms. The number of hydrogen-bond acceptors (Lipinski definition) is 2. The molecule has 0 atom stereocenters. The standard InChI is InChI=1S/C14H24O2/c15-14(6-3-5-13-9-10-13)16-11-2-1-4-12-7-8-12/h12-13H,1-11H2. The van der Waals surface area contributed by atoms with Crippen molar-refractivity contribution in [2.45, 2.75) is 64.2 Å². The molecule has 0 spiro atoms. The summed E-state index contributed by atoms with van der Waals surface area (Å²) in [7, 11) is 0. The van der Waals surface area contributed by atoms with E-state index < -0.39 is 0 Å². The summed E-state index contributed by atoms with van der Waals surface area (Å²) in [4.78, 5) is 11.3. The van der Waals surface area contributed by atoms with E-state index in [-0.39, 0.29) is 5.97 Å². The van der Waals surface area contributed by atoms with Crippen LogP contribution in [0.4, 0.5) is 0 Å². The summed E-state index contributed by atoms with van der Waals surface area (Å²) in [5.74, 6) is 1.97. The lowest BCUT2D eigenvalue weighted by Gasteiger charge is -2.04. The van der Waals surface area contributed by atoms with Crippen molar-refractivity contribution in [3.63, 3.8) is 0 Å². The molecule has 92 valence electrons. The molecule has 0 N–H and O–H groups in total. The van der Waals surface area contributed by atoms with Gasteiger partial charge in [-0.25, -0.2) is 0 Å². The fraction of sp³-hybridized carbons (Fsp3) is 0.929. The van der Waals surface area contributed by atoms with E-state index >= 15 is 0 Å². The van der Waals surface area contributed by atoms with Crippen LogP contribution in [0.1, 0.15) is 64.2 Å². The van der Waals surface area contributed by atoms with Gasteiger partial charge in [-0.1, -0.05) is 32.1 Å². The second-order valence-electron chi connectivity index (χ2n) is 5.50. The third-order valence-electron chi connectivity index (χ3n) is 3.66. The second kappa shape index (κ2) is 6.27. The first-order chi connectivity index (χ1) is 7.84. The Morgan fingerprint density at radius 1 is 0.938 bits per heavy atom. The Bertz CT molecular complexity index is 217. The van der Waals surface area contributed by atoms with Crippen molar-refractivity contribution in [3.8, 4) is 0 Å². The van der Waals surface area contributed by atoms with Crippen molar-refractivity contribution < 1.29 is 9.53 Å². The SMILES string of the molecule is O=C(CCCC1CC1)OCCCCC1CC1. The zero-order valence-electron chi connectivity index (χ0n) is 10.2. The summed E-state index contributed by atoms with van der Waals surface area (Å²) in [6.07, 6.45) is 12.2. The van der Waals surface area contributed by atoms with Crippen LogP contribution in [-0.4, -0.2) is 12.6 Å². The Hall–Kier alpha value is -0.530. The molecule has 2 aliphatic rings. The number of carbonyl (C=O) groups is 1. The van der Waals surface area contributed by atoms with Gasteiger partial charge in [0.05, 0.1) is 6.61 Å².